The minimum Gasteiger partial charge on any atom is -0.454 e. The zero-order valence-corrected chi connectivity index (χ0v) is 10.5. The van der Waals surface area contributed by atoms with Crippen LogP contribution in [-0.4, -0.2) is 31.7 Å². The average Bonchev–Trinajstić information content (AvgIpc) is 2.43. The summed E-state index contributed by atoms with van der Waals surface area (Å²) in [6.07, 6.45) is 0. The fourth-order valence-corrected chi connectivity index (χ4v) is 1.20. The summed E-state index contributed by atoms with van der Waals surface area (Å²) >= 11 is 0. The Morgan fingerprint density at radius 1 is 1.26 bits per heavy atom. The van der Waals surface area contributed by atoms with Crippen molar-refractivity contribution >= 4 is 17.6 Å². The Balaban J connectivity index is 2.34. The minimum atomic E-state index is -0.586. The molecule has 1 aromatic rings. The molecule has 6 nitrogen and oxygen atoms in total. The number of hydrogen-bond donors (Lipinski definition) is 1. The van der Waals surface area contributed by atoms with E-state index in [0.717, 1.165) is 0 Å². The van der Waals surface area contributed by atoms with E-state index in [9.17, 15) is 9.59 Å². The molecule has 19 heavy (non-hydrogen) atoms. The summed E-state index contributed by atoms with van der Waals surface area (Å²) < 4.78 is 9.53. The number of amides is 1. The van der Waals surface area contributed by atoms with E-state index in [2.05, 4.69) is 5.32 Å². The standard InChI is InChI=1S/C13H14N2O4/c1-2-18-9-13(17)19-8-12(16)15-11-5-3-10(7-14)4-6-11/h3-6H,2,8-9H2,1H3,(H,15,16). The van der Waals surface area contributed by atoms with Crippen LogP contribution < -0.4 is 5.32 Å². The molecule has 0 bridgehead atoms. The van der Waals surface area contributed by atoms with Crippen LogP contribution in [0.5, 0.6) is 0 Å². The van der Waals surface area contributed by atoms with E-state index in [1.165, 1.54) is 0 Å². The second-order valence-electron chi connectivity index (χ2n) is 3.54. The topological polar surface area (TPSA) is 88.4 Å². The SMILES string of the molecule is CCOCC(=O)OCC(=O)Nc1ccc(C#N)cc1. The van der Waals surface area contributed by atoms with Crippen molar-refractivity contribution in [2.45, 2.75) is 6.92 Å². The van der Waals surface area contributed by atoms with Crippen molar-refractivity contribution in [3.05, 3.63) is 29.8 Å². The predicted octanol–water partition coefficient (Wildman–Crippen LogP) is 1.08. The first kappa shape index (κ1) is 14.7. The summed E-state index contributed by atoms with van der Waals surface area (Å²) in [5, 5.41) is 11.2. The fourth-order valence-electron chi connectivity index (χ4n) is 1.20. The molecule has 0 aliphatic rings. The van der Waals surface area contributed by atoms with Crippen LogP contribution in [0.2, 0.25) is 0 Å². The van der Waals surface area contributed by atoms with Gasteiger partial charge < -0.3 is 14.8 Å². The Kier molecular flexibility index (Phi) is 6.06. The number of benzene rings is 1. The number of rotatable bonds is 6. The molecule has 0 heterocycles. The Labute approximate surface area is 110 Å². The molecule has 0 aromatic heterocycles. The molecule has 0 radical (unpaired) electrons. The number of esters is 1. The minimum absolute atomic E-state index is 0.166. The molecule has 6 heteroatoms. The van der Waals surface area contributed by atoms with Crippen molar-refractivity contribution in [3.8, 4) is 6.07 Å². The van der Waals surface area contributed by atoms with E-state index in [-0.39, 0.29) is 13.2 Å². The Hall–Kier alpha value is -2.39. The molecule has 1 N–H and O–H groups in total. The van der Waals surface area contributed by atoms with Gasteiger partial charge in [-0.1, -0.05) is 0 Å². The van der Waals surface area contributed by atoms with E-state index in [0.29, 0.717) is 17.9 Å². The van der Waals surface area contributed by atoms with Crippen molar-refractivity contribution in [2.24, 2.45) is 0 Å². The molecule has 1 amide bonds. The lowest BCUT2D eigenvalue weighted by Crippen LogP contribution is -2.22. The van der Waals surface area contributed by atoms with Crippen molar-refractivity contribution < 1.29 is 19.1 Å². The second kappa shape index (κ2) is 7.84. The van der Waals surface area contributed by atoms with Crippen LogP contribution >= 0.6 is 0 Å². The van der Waals surface area contributed by atoms with E-state index < -0.39 is 11.9 Å². The van der Waals surface area contributed by atoms with Crippen LogP contribution in [-0.2, 0) is 19.1 Å². The highest BCUT2D eigenvalue weighted by molar-refractivity contribution is 5.92. The van der Waals surface area contributed by atoms with Crippen LogP contribution in [0, 0.1) is 11.3 Å². The third kappa shape index (κ3) is 5.66. The van der Waals surface area contributed by atoms with Crippen molar-refractivity contribution in [1.82, 2.24) is 0 Å². The van der Waals surface area contributed by atoms with Gasteiger partial charge in [-0.05, 0) is 31.2 Å². The van der Waals surface area contributed by atoms with Gasteiger partial charge in [-0.25, -0.2) is 4.79 Å². The highest BCUT2D eigenvalue weighted by atomic mass is 16.6. The average molecular weight is 262 g/mol. The summed E-state index contributed by atoms with van der Waals surface area (Å²) in [7, 11) is 0. The van der Waals surface area contributed by atoms with Crippen LogP contribution in [0.25, 0.3) is 0 Å². The Bertz CT molecular complexity index is 476. The van der Waals surface area contributed by atoms with Gasteiger partial charge >= 0.3 is 5.97 Å². The lowest BCUT2D eigenvalue weighted by molar-refractivity contribution is -0.151. The zero-order valence-electron chi connectivity index (χ0n) is 10.5. The van der Waals surface area contributed by atoms with Crippen molar-refractivity contribution in [1.29, 1.82) is 5.26 Å². The second-order valence-corrected chi connectivity index (χ2v) is 3.54. The monoisotopic (exact) mass is 262 g/mol. The van der Waals surface area contributed by atoms with E-state index >= 15 is 0 Å². The molecule has 1 aromatic carbocycles. The van der Waals surface area contributed by atoms with Crippen LogP contribution in [0.15, 0.2) is 24.3 Å². The maximum Gasteiger partial charge on any atom is 0.332 e. The van der Waals surface area contributed by atoms with E-state index in [4.69, 9.17) is 14.7 Å². The number of nitriles is 1. The summed E-state index contributed by atoms with van der Waals surface area (Å²) in [5.41, 5.74) is 1.03. The van der Waals surface area contributed by atoms with Gasteiger partial charge in [0.05, 0.1) is 11.6 Å². The van der Waals surface area contributed by atoms with E-state index in [1.54, 1.807) is 31.2 Å². The van der Waals surface area contributed by atoms with Gasteiger partial charge in [0.25, 0.3) is 5.91 Å². The maximum atomic E-state index is 11.5. The van der Waals surface area contributed by atoms with E-state index in [1.807, 2.05) is 6.07 Å². The summed E-state index contributed by atoms with van der Waals surface area (Å²) in [5.74, 6) is -1.04. The third-order valence-electron chi connectivity index (χ3n) is 2.09. The van der Waals surface area contributed by atoms with Crippen molar-refractivity contribution in [2.75, 3.05) is 25.1 Å². The molecule has 0 saturated carbocycles. The predicted molar refractivity (Wildman–Crippen MR) is 67.2 cm³/mol. The van der Waals surface area contributed by atoms with Gasteiger partial charge in [0.2, 0.25) is 0 Å². The van der Waals surface area contributed by atoms with Crippen LogP contribution in [0.1, 0.15) is 12.5 Å². The van der Waals surface area contributed by atoms with Gasteiger partial charge in [0, 0.05) is 12.3 Å². The molecular formula is C13H14N2O4. The molecule has 0 unspecified atom stereocenters. The molecule has 0 aliphatic heterocycles. The van der Waals surface area contributed by atoms with Gasteiger partial charge in [0.1, 0.15) is 6.61 Å². The summed E-state index contributed by atoms with van der Waals surface area (Å²) in [6.45, 7) is 1.63. The molecule has 0 atom stereocenters. The van der Waals surface area contributed by atoms with Gasteiger partial charge in [-0.15, -0.1) is 0 Å². The number of anilines is 1. The first-order chi connectivity index (χ1) is 9.15. The Morgan fingerprint density at radius 2 is 1.95 bits per heavy atom. The lowest BCUT2D eigenvalue weighted by atomic mass is 10.2. The quantitative estimate of drug-likeness (QED) is 0.775. The number of nitrogens with one attached hydrogen (secondary N) is 1. The third-order valence-corrected chi connectivity index (χ3v) is 2.09. The van der Waals surface area contributed by atoms with Gasteiger partial charge in [-0.3, -0.25) is 4.79 Å². The molecular weight excluding hydrogens is 248 g/mol. The summed E-state index contributed by atoms with van der Waals surface area (Å²) in [6, 6.07) is 8.32. The molecule has 0 saturated heterocycles. The largest absolute Gasteiger partial charge is 0.454 e. The van der Waals surface area contributed by atoms with Crippen LogP contribution in [0.4, 0.5) is 5.69 Å². The number of hydrogen-bond acceptors (Lipinski definition) is 5. The van der Waals surface area contributed by atoms with Gasteiger partial charge in [-0.2, -0.15) is 5.26 Å². The fraction of sp³-hybridized carbons (Fsp3) is 0.308. The molecule has 0 aliphatic carbocycles. The molecule has 100 valence electrons. The molecule has 0 fully saturated rings. The van der Waals surface area contributed by atoms with Gasteiger partial charge in [0.15, 0.2) is 6.61 Å². The smallest absolute Gasteiger partial charge is 0.332 e. The van der Waals surface area contributed by atoms with Crippen molar-refractivity contribution in [3.63, 3.8) is 0 Å². The highest BCUT2D eigenvalue weighted by Gasteiger charge is 2.07. The number of nitrogens with zero attached hydrogens (tertiary/aromatic N) is 1. The number of ether oxygens (including phenoxy) is 2. The number of carbonyl (C=O) groups is 2. The highest BCUT2D eigenvalue weighted by Crippen LogP contribution is 2.08. The first-order valence-corrected chi connectivity index (χ1v) is 5.69. The lowest BCUT2D eigenvalue weighted by Gasteiger charge is -2.06. The first-order valence-electron chi connectivity index (χ1n) is 5.69. The zero-order chi connectivity index (χ0) is 14.1. The molecule has 0 spiro atoms. The Morgan fingerprint density at radius 3 is 2.53 bits per heavy atom. The normalized spacial score (nSPS) is 9.47. The maximum absolute atomic E-state index is 11.5. The molecule has 1 rings (SSSR count). The number of carbonyl (C=O) groups excluding carboxylic acids is 2. The van der Waals surface area contributed by atoms with Crippen LogP contribution in [0.3, 0.4) is 0 Å². The summed E-state index contributed by atoms with van der Waals surface area (Å²) in [4.78, 5) is 22.5.